The molecule has 0 amide bonds. The summed E-state index contributed by atoms with van der Waals surface area (Å²) in [5.74, 6) is 0. The van der Waals surface area contributed by atoms with Gasteiger partial charge in [0.15, 0.2) is 6.19 Å². The molecule has 0 saturated heterocycles. The molecule has 0 aliphatic heterocycles. The van der Waals surface area contributed by atoms with Crippen molar-refractivity contribution in [3.8, 4) is 6.19 Å². The van der Waals surface area contributed by atoms with Crippen molar-refractivity contribution in [3.05, 3.63) is 0 Å². The molecule has 0 spiro atoms. The molecule has 0 aromatic heterocycles. The molecule has 0 heterocycles. The Bertz CT molecular complexity index is 99.6. The maximum absolute atomic E-state index is 8.17. The van der Waals surface area contributed by atoms with Crippen molar-refractivity contribution in [2.75, 3.05) is 0 Å². The highest BCUT2D eigenvalue weighted by Crippen LogP contribution is 2.04. The predicted molar refractivity (Wildman–Crippen MR) is 33.1 cm³/mol. The van der Waals surface area contributed by atoms with E-state index in [2.05, 4.69) is 5.32 Å². The van der Waals surface area contributed by atoms with E-state index >= 15 is 0 Å². The van der Waals surface area contributed by atoms with E-state index in [1.807, 2.05) is 27.0 Å². The average Bonchev–Trinajstić information content (AvgIpc) is 1.67. The highest BCUT2D eigenvalue weighted by molar-refractivity contribution is 4.82. The van der Waals surface area contributed by atoms with Crippen molar-refractivity contribution in [3.63, 3.8) is 0 Å². The Morgan fingerprint density at radius 2 is 2.12 bits per heavy atom. The molecule has 0 aromatic rings. The van der Waals surface area contributed by atoms with Gasteiger partial charge in [-0.15, -0.1) is 0 Å². The lowest BCUT2D eigenvalue weighted by molar-refractivity contribution is 0.435. The fourth-order valence-electron chi connectivity index (χ4n) is 0.240. The van der Waals surface area contributed by atoms with Gasteiger partial charge in [-0.25, -0.2) is 0 Å². The van der Waals surface area contributed by atoms with Crippen LogP contribution < -0.4 is 5.32 Å². The molecule has 0 aliphatic rings. The second kappa shape index (κ2) is 2.56. The molecule has 0 saturated carbocycles. The van der Waals surface area contributed by atoms with Crippen LogP contribution in [0.4, 0.5) is 0 Å². The van der Waals surface area contributed by atoms with Crippen LogP contribution in [0, 0.1) is 11.5 Å². The fourth-order valence-corrected chi connectivity index (χ4v) is 0.240. The lowest BCUT2D eigenvalue weighted by atomic mass is 10.0. The highest BCUT2D eigenvalue weighted by Gasteiger charge is 2.11. The molecule has 0 radical (unpaired) electrons. The van der Waals surface area contributed by atoms with E-state index in [1.165, 1.54) is 0 Å². The lowest BCUT2D eigenvalue weighted by Crippen LogP contribution is -2.34. The smallest absolute Gasteiger partial charge is 0.177 e. The molecule has 0 bridgehead atoms. The molecule has 0 atom stereocenters. The Balaban J connectivity index is 3.58. The van der Waals surface area contributed by atoms with Crippen molar-refractivity contribution in [1.82, 2.24) is 5.32 Å². The number of nitrogens with zero attached hydrogens (tertiary/aromatic N) is 1. The second-order valence-corrected chi connectivity index (χ2v) is 2.47. The molecule has 0 unspecified atom stereocenters. The van der Waals surface area contributed by atoms with Crippen LogP contribution in [0.2, 0.25) is 0 Å². The molecule has 2 heteroatoms. The van der Waals surface area contributed by atoms with Crippen molar-refractivity contribution in [1.29, 1.82) is 5.26 Å². The van der Waals surface area contributed by atoms with Gasteiger partial charge in [0.2, 0.25) is 0 Å². The van der Waals surface area contributed by atoms with Gasteiger partial charge >= 0.3 is 0 Å². The van der Waals surface area contributed by atoms with Crippen molar-refractivity contribution < 1.29 is 0 Å². The van der Waals surface area contributed by atoms with E-state index in [4.69, 9.17) is 5.26 Å². The van der Waals surface area contributed by atoms with Crippen LogP contribution in [0.15, 0.2) is 0 Å². The number of hydrogen-bond donors (Lipinski definition) is 1. The van der Waals surface area contributed by atoms with Crippen LogP contribution in [-0.4, -0.2) is 5.54 Å². The van der Waals surface area contributed by atoms with Crippen LogP contribution in [-0.2, 0) is 0 Å². The minimum absolute atomic E-state index is 0.0191. The minimum Gasteiger partial charge on any atom is -0.318 e. The quantitative estimate of drug-likeness (QED) is 0.431. The third-order valence-electron chi connectivity index (χ3n) is 1.28. The molecule has 8 heavy (non-hydrogen) atoms. The third kappa shape index (κ3) is 2.46. The number of nitrogens with one attached hydrogen (secondary N) is 1. The van der Waals surface area contributed by atoms with Gasteiger partial charge in [0.25, 0.3) is 0 Å². The SMILES string of the molecule is CCC(C)(C)NC#N. The third-order valence-corrected chi connectivity index (χ3v) is 1.28. The maximum Gasteiger partial charge on any atom is 0.177 e. The zero-order valence-electron chi connectivity index (χ0n) is 5.65. The Morgan fingerprint density at radius 1 is 1.62 bits per heavy atom. The highest BCUT2D eigenvalue weighted by atomic mass is 14.9. The Hall–Kier alpha value is -0.710. The summed E-state index contributed by atoms with van der Waals surface area (Å²) in [5.41, 5.74) is -0.0191. The molecule has 1 N–H and O–H groups in total. The Labute approximate surface area is 50.5 Å². The van der Waals surface area contributed by atoms with Crippen LogP contribution in [0.25, 0.3) is 0 Å². The molecular formula is C6H12N2. The van der Waals surface area contributed by atoms with Crippen LogP contribution >= 0.6 is 0 Å². The van der Waals surface area contributed by atoms with Crippen LogP contribution in [0.3, 0.4) is 0 Å². The topological polar surface area (TPSA) is 35.8 Å². The van der Waals surface area contributed by atoms with Crippen LogP contribution in [0.1, 0.15) is 27.2 Å². The van der Waals surface area contributed by atoms with E-state index in [0.29, 0.717) is 0 Å². The van der Waals surface area contributed by atoms with Crippen molar-refractivity contribution in [2.45, 2.75) is 32.7 Å². The first-order chi connectivity index (χ1) is 3.62. The van der Waals surface area contributed by atoms with Gasteiger partial charge in [0.1, 0.15) is 0 Å². The minimum atomic E-state index is -0.0191. The van der Waals surface area contributed by atoms with Gasteiger partial charge in [-0.05, 0) is 20.3 Å². The van der Waals surface area contributed by atoms with Gasteiger partial charge in [0, 0.05) is 5.54 Å². The van der Waals surface area contributed by atoms with Gasteiger partial charge in [-0.2, -0.15) is 5.26 Å². The monoisotopic (exact) mass is 112 g/mol. The van der Waals surface area contributed by atoms with Gasteiger partial charge in [-0.1, -0.05) is 6.92 Å². The summed E-state index contributed by atoms with van der Waals surface area (Å²) in [6.45, 7) is 6.04. The summed E-state index contributed by atoms with van der Waals surface area (Å²) >= 11 is 0. The van der Waals surface area contributed by atoms with E-state index in [0.717, 1.165) is 6.42 Å². The molecular weight excluding hydrogens is 100 g/mol. The van der Waals surface area contributed by atoms with E-state index in [-0.39, 0.29) is 5.54 Å². The molecule has 0 rings (SSSR count). The molecule has 46 valence electrons. The molecule has 0 aromatic carbocycles. The van der Waals surface area contributed by atoms with Gasteiger partial charge in [-0.3, -0.25) is 0 Å². The average molecular weight is 112 g/mol. The molecule has 0 fully saturated rings. The lowest BCUT2D eigenvalue weighted by Gasteiger charge is -2.19. The Morgan fingerprint density at radius 3 is 2.25 bits per heavy atom. The zero-order chi connectivity index (χ0) is 6.62. The van der Waals surface area contributed by atoms with Crippen molar-refractivity contribution >= 4 is 0 Å². The maximum atomic E-state index is 8.17. The van der Waals surface area contributed by atoms with E-state index < -0.39 is 0 Å². The van der Waals surface area contributed by atoms with Gasteiger partial charge in [0.05, 0.1) is 0 Å². The Kier molecular flexibility index (Phi) is 2.33. The zero-order valence-corrected chi connectivity index (χ0v) is 5.65. The summed E-state index contributed by atoms with van der Waals surface area (Å²) < 4.78 is 0. The summed E-state index contributed by atoms with van der Waals surface area (Å²) in [6, 6.07) is 0. The first kappa shape index (κ1) is 7.29. The summed E-state index contributed by atoms with van der Waals surface area (Å²) in [4.78, 5) is 0. The second-order valence-electron chi connectivity index (χ2n) is 2.47. The summed E-state index contributed by atoms with van der Waals surface area (Å²) in [5, 5.41) is 10.8. The summed E-state index contributed by atoms with van der Waals surface area (Å²) in [7, 11) is 0. The van der Waals surface area contributed by atoms with Crippen molar-refractivity contribution in [2.24, 2.45) is 0 Å². The first-order valence-electron chi connectivity index (χ1n) is 2.78. The number of rotatable bonds is 2. The van der Waals surface area contributed by atoms with Gasteiger partial charge < -0.3 is 5.32 Å². The summed E-state index contributed by atoms with van der Waals surface area (Å²) in [6.07, 6.45) is 2.88. The molecule has 0 aliphatic carbocycles. The number of nitriles is 1. The fraction of sp³-hybridized carbons (Fsp3) is 0.833. The van der Waals surface area contributed by atoms with E-state index in [1.54, 1.807) is 0 Å². The molecule has 2 nitrogen and oxygen atoms in total. The van der Waals surface area contributed by atoms with Crippen LogP contribution in [0.5, 0.6) is 0 Å². The first-order valence-corrected chi connectivity index (χ1v) is 2.78. The predicted octanol–water partition coefficient (Wildman–Crippen LogP) is 1.25. The number of hydrogen-bond acceptors (Lipinski definition) is 2. The largest absolute Gasteiger partial charge is 0.318 e. The normalized spacial score (nSPS) is 10.2. The van der Waals surface area contributed by atoms with E-state index in [9.17, 15) is 0 Å². The standard InChI is InChI=1S/C6H12N2/c1-4-6(2,3)8-5-7/h8H,4H2,1-3H3.